The van der Waals surface area contributed by atoms with Crippen LogP contribution in [0.1, 0.15) is 52.5 Å². The van der Waals surface area contributed by atoms with Gasteiger partial charge in [-0.1, -0.05) is 6.08 Å². The Hall–Kier alpha value is -1.66. The van der Waals surface area contributed by atoms with E-state index in [9.17, 15) is 9.59 Å². The summed E-state index contributed by atoms with van der Waals surface area (Å²) in [4.78, 5) is 24.7. The fourth-order valence-electron chi connectivity index (χ4n) is 2.43. The van der Waals surface area contributed by atoms with Crippen molar-refractivity contribution >= 4 is 0 Å². The van der Waals surface area contributed by atoms with Crippen molar-refractivity contribution in [2.75, 3.05) is 6.61 Å². The lowest BCUT2D eigenvalue weighted by Crippen LogP contribution is -2.43. The second-order valence-corrected chi connectivity index (χ2v) is 7.14. The first kappa shape index (κ1) is 17.7. The van der Waals surface area contributed by atoms with E-state index in [4.69, 9.17) is 9.47 Å². The van der Waals surface area contributed by atoms with Gasteiger partial charge in [-0.05, 0) is 47.6 Å². The molecule has 0 N–H and O–H groups in total. The van der Waals surface area contributed by atoms with Gasteiger partial charge in [0.25, 0.3) is 5.56 Å². The van der Waals surface area contributed by atoms with E-state index in [0.29, 0.717) is 12.2 Å². The summed E-state index contributed by atoms with van der Waals surface area (Å²) < 4.78 is 14.3. The predicted octanol–water partition coefficient (Wildman–Crippen LogP) is 2.17. The standard InChI is InChI=1S/C17H26N2O4/c1-11(2)19-15(20)12(3)9-18(16(19)21)14-8-7-13(23-14)10-22-17(4,5)6/h7-9,11,13-14H,10H2,1-6H3/t13-,14+/m0/s1. The van der Waals surface area contributed by atoms with Crippen molar-refractivity contribution < 1.29 is 9.47 Å². The van der Waals surface area contributed by atoms with Crippen LogP contribution in [-0.2, 0) is 9.47 Å². The van der Waals surface area contributed by atoms with Crippen molar-refractivity contribution in [2.45, 2.75) is 65.5 Å². The molecule has 0 bridgehead atoms. The minimum Gasteiger partial charge on any atom is -0.373 e. The van der Waals surface area contributed by atoms with Gasteiger partial charge < -0.3 is 9.47 Å². The Labute approximate surface area is 136 Å². The number of ether oxygens (including phenoxy) is 2. The molecule has 0 aromatic carbocycles. The van der Waals surface area contributed by atoms with Crippen LogP contribution in [-0.4, -0.2) is 27.4 Å². The molecule has 0 radical (unpaired) electrons. The molecule has 1 aromatic rings. The number of nitrogens with zero attached hydrogens (tertiary/aromatic N) is 2. The van der Waals surface area contributed by atoms with Gasteiger partial charge in [0, 0.05) is 17.8 Å². The van der Waals surface area contributed by atoms with E-state index in [-0.39, 0.29) is 29.0 Å². The highest BCUT2D eigenvalue weighted by molar-refractivity contribution is 5.08. The van der Waals surface area contributed by atoms with E-state index in [1.807, 2.05) is 46.8 Å². The molecule has 6 heteroatoms. The highest BCUT2D eigenvalue weighted by Gasteiger charge is 2.25. The Bertz CT molecular complexity index is 707. The monoisotopic (exact) mass is 322 g/mol. The van der Waals surface area contributed by atoms with Gasteiger partial charge in [-0.15, -0.1) is 0 Å². The highest BCUT2D eigenvalue weighted by Crippen LogP contribution is 2.21. The van der Waals surface area contributed by atoms with Crippen molar-refractivity contribution in [2.24, 2.45) is 0 Å². The predicted molar refractivity (Wildman–Crippen MR) is 88.8 cm³/mol. The summed E-state index contributed by atoms with van der Waals surface area (Å²) >= 11 is 0. The first-order chi connectivity index (χ1) is 10.6. The molecule has 23 heavy (non-hydrogen) atoms. The van der Waals surface area contributed by atoms with E-state index in [2.05, 4.69) is 0 Å². The molecule has 2 heterocycles. The molecule has 0 amide bonds. The lowest BCUT2D eigenvalue weighted by Gasteiger charge is -2.23. The zero-order valence-electron chi connectivity index (χ0n) is 14.7. The molecule has 2 atom stereocenters. The van der Waals surface area contributed by atoms with Crippen molar-refractivity contribution in [1.82, 2.24) is 9.13 Å². The Morgan fingerprint density at radius 3 is 2.48 bits per heavy atom. The van der Waals surface area contributed by atoms with Crippen LogP contribution in [0.3, 0.4) is 0 Å². The van der Waals surface area contributed by atoms with Gasteiger partial charge >= 0.3 is 5.69 Å². The largest absolute Gasteiger partial charge is 0.373 e. The average Bonchev–Trinajstić information content (AvgIpc) is 2.88. The minimum atomic E-state index is -0.514. The van der Waals surface area contributed by atoms with Crippen LogP contribution in [0.15, 0.2) is 27.9 Å². The van der Waals surface area contributed by atoms with Gasteiger partial charge in [0.05, 0.1) is 12.2 Å². The molecule has 0 spiro atoms. The summed E-state index contributed by atoms with van der Waals surface area (Å²) in [6, 6.07) is -0.202. The SMILES string of the molecule is Cc1cn([C@H]2C=C[C@@H](COC(C)(C)C)O2)c(=O)n(C(C)C)c1=O. The van der Waals surface area contributed by atoms with Crippen LogP contribution in [0.4, 0.5) is 0 Å². The Morgan fingerprint density at radius 1 is 1.26 bits per heavy atom. The van der Waals surface area contributed by atoms with Crippen LogP contribution >= 0.6 is 0 Å². The molecule has 1 aliphatic heterocycles. The number of hydrogen-bond donors (Lipinski definition) is 0. The third kappa shape index (κ3) is 4.00. The van der Waals surface area contributed by atoms with Crippen LogP contribution in [0.5, 0.6) is 0 Å². The van der Waals surface area contributed by atoms with E-state index in [0.717, 1.165) is 0 Å². The molecule has 1 aromatic heterocycles. The lowest BCUT2D eigenvalue weighted by molar-refractivity contribution is -0.0754. The van der Waals surface area contributed by atoms with Crippen molar-refractivity contribution in [3.05, 3.63) is 44.8 Å². The lowest BCUT2D eigenvalue weighted by atomic mass is 10.2. The van der Waals surface area contributed by atoms with Gasteiger partial charge in [-0.2, -0.15) is 0 Å². The second-order valence-electron chi connectivity index (χ2n) is 7.14. The normalized spacial score (nSPS) is 21.3. The maximum absolute atomic E-state index is 12.6. The first-order valence-corrected chi connectivity index (χ1v) is 7.92. The van der Waals surface area contributed by atoms with Crippen molar-refractivity contribution in [3.63, 3.8) is 0 Å². The maximum Gasteiger partial charge on any atom is 0.333 e. The van der Waals surface area contributed by atoms with E-state index in [1.165, 1.54) is 9.13 Å². The van der Waals surface area contributed by atoms with Crippen LogP contribution < -0.4 is 11.2 Å². The topological polar surface area (TPSA) is 62.5 Å². The summed E-state index contributed by atoms with van der Waals surface area (Å²) in [5.74, 6) is 0. The summed E-state index contributed by atoms with van der Waals surface area (Å²) in [7, 11) is 0. The second kappa shape index (κ2) is 6.45. The summed E-state index contributed by atoms with van der Waals surface area (Å²) in [6.45, 7) is 11.7. The number of aryl methyl sites for hydroxylation is 1. The van der Waals surface area contributed by atoms with Gasteiger partial charge in [0.1, 0.15) is 6.10 Å². The minimum absolute atomic E-state index is 0.202. The molecule has 2 rings (SSSR count). The smallest absolute Gasteiger partial charge is 0.333 e. The van der Waals surface area contributed by atoms with Gasteiger partial charge in [-0.3, -0.25) is 13.9 Å². The number of aromatic nitrogens is 2. The van der Waals surface area contributed by atoms with Gasteiger partial charge in [-0.25, -0.2) is 4.79 Å². The summed E-state index contributed by atoms with van der Waals surface area (Å²) in [5.41, 5.74) is -0.337. The molecular weight excluding hydrogens is 296 g/mol. The average molecular weight is 322 g/mol. The van der Waals surface area contributed by atoms with Gasteiger partial charge in [0.2, 0.25) is 0 Å². The molecule has 0 saturated carbocycles. The molecule has 1 aliphatic rings. The number of rotatable bonds is 4. The quantitative estimate of drug-likeness (QED) is 0.797. The first-order valence-electron chi connectivity index (χ1n) is 7.92. The number of hydrogen-bond acceptors (Lipinski definition) is 4. The fraction of sp³-hybridized carbons (Fsp3) is 0.647. The van der Waals surface area contributed by atoms with Crippen molar-refractivity contribution in [1.29, 1.82) is 0 Å². The van der Waals surface area contributed by atoms with Crippen LogP contribution in [0.2, 0.25) is 0 Å². The summed E-state index contributed by atoms with van der Waals surface area (Å²) in [5, 5.41) is 0. The third-order valence-electron chi connectivity index (χ3n) is 3.59. The van der Waals surface area contributed by atoms with Crippen LogP contribution in [0, 0.1) is 6.92 Å². The van der Waals surface area contributed by atoms with E-state index >= 15 is 0 Å². The Balaban J connectivity index is 2.23. The molecule has 0 fully saturated rings. The molecule has 128 valence electrons. The maximum atomic E-state index is 12.6. The molecular formula is C17H26N2O4. The molecule has 6 nitrogen and oxygen atoms in total. The fourth-order valence-corrected chi connectivity index (χ4v) is 2.43. The van der Waals surface area contributed by atoms with E-state index < -0.39 is 6.23 Å². The highest BCUT2D eigenvalue weighted by atomic mass is 16.6. The molecule has 0 saturated heterocycles. The zero-order valence-corrected chi connectivity index (χ0v) is 14.7. The Morgan fingerprint density at radius 2 is 1.91 bits per heavy atom. The van der Waals surface area contributed by atoms with Crippen molar-refractivity contribution in [3.8, 4) is 0 Å². The van der Waals surface area contributed by atoms with E-state index in [1.54, 1.807) is 13.1 Å². The summed E-state index contributed by atoms with van der Waals surface area (Å²) in [6.07, 6.45) is 4.56. The molecule has 0 unspecified atom stereocenters. The molecule has 0 aliphatic carbocycles. The van der Waals surface area contributed by atoms with Gasteiger partial charge in [0.15, 0.2) is 6.23 Å². The Kier molecular flexibility index (Phi) is 4.96. The van der Waals surface area contributed by atoms with Crippen LogP contribution in [0.25, 0.3) is 0 Å². The zero-order chi connectivity index (χ0) is 17.4. The third-order valence-corrected chi connectivity index (χ3v) is 3.59.